The smallest absolute Gasteiger partial charge is 0.227 e. The lowest BCUT2D eigenvalue weighted by atomic mass is 9.97. The van der Waals surface area contributed by atoms with Gasteiger partial charge in [0, 0.05) is 42.1 Å². The van der Waals surface area contributed by atoms with Gasteiger partial charge in [0.2, 0.25) is 15.9 Å². The molecule has 1 saturated heterocycles. The highest BCUT2D eigenvalue weighted by Gasteiger charge is 2.28. The number of amides is 1. The van der Waals surface area contributed by atoms with Crippen molar-refractivity contribution in [3.05, 3.63) is 66.0 Å². The topological polar surface area (TPSA) is 116 Å². The summed E-state index contributed by atoms with van der Waals surface area (Å²) in [5.41, 5.74) is 3.64. The van der Waals surface area contributed by atoms with E-state index in [1.165, 1.54) is 16.1 Å². The van der Waals surface area contributed by atoms with Crippen LogP contribution in [0.3, 0.4) is 0 Å². The molecule has 1 fully saturated rings. The van der Waals surface area contributed by atoms with Crippen molar-refractivity contribution in [3.63, 3.8) is 0 Å². The highest BCUT2D eigenvalue weighted by atomic mass is 32.2. The number of sulfonamides is 1. The van der Waals surface area contributed by atoms with E-state index in [-0.39, 0.29) is 11.8 Å². The number of nitrogens with one attached hydrogen (secondary N) is 3. The number of aryl methyl sites for hydroxylation is 2. The molecule has 0 bridgehead atoms. The van der Waals surface area contributed by atoms with Crippen molar-refractivity contribution in [1.82, 2.24) is 14.3 Å². The van der Waals surface area contributed by atoms with E-state index in [0.29, 0.717) is 49.1 Å². The number of carbonyl (C=O) groups is 1. The monoisotopic (exact) mass is 494 g/mol. The number of hydrogen-bond acceptors (Lipinski definition) is 7. The van der Waals surface area contributed by atoms with Gasteiger partial charge in [-0.3, -0.25) is 4.79 Å². The van der Waals surface area contributed by atoms with Crippen LogP contribution in [-0.2, 0) is 14.8 Å². The zero-order valence-corrected chi connectivity index (χ0v) is 20.9. The van der Waals surface area contributed by atoms with Gasteiger partial charge < -0.3 is 16.0 Å². The fourth-order valence-electron chi connectivity index (χ4n) is 3.96. The van der Waals surface area contributed by atoms with E-state index in [4.69, 9.17) is 0 Å². The van der Waals surface area contributed by atoms with Crippen LogP contribution in [0.5, 0.6) is 0 Å². The highest BCUT2D eigenvalue weighted by molar-refractivity contribution is 7.88. The number of piperidine rings is 1. The molecule has 0 spiro atoms. The number of hydrogen-bond donors (Lipinski definition) is 3. The normalized spacial score (nSPS) is 14.9. The molecule has 3 N–H and O–H groups in total. The summed E-state index contributed by atoms with van der Waals surface area (Å²) in [4.78, 5) is 21.5. The van der Waals surface area contributed by atoms with Gasteiger partial charge in [0.15, 0.2) is 0 Å². The number of nitrogens with zero attached hydrogens (tertiary/aromatic N) is 3. The molecule has 9 nitrogen and oxygen atoms in total. The minimum absolute atomic E-state index is 0.0860. The van der Waals surface area contributed by atoms with Crippen molar-refractivity contribution in [2.45, 2.75) is 26.7 Å². The summed E-state index contributed by atoms with van der Waals surface area (Å²) in [6, 6.07) is 17.3. The highest BCUT2D eigenvalue weighted by Crippen LogP contribution is 2.24. The van der Waals surface area contributed by atoms with Gasteiger partial charge in [0.25, 0.3) is 0 Å². The first-order chi connectivity index (χ1) is 16.7. The average Bonchev–Trinajstić information content (AvgIpc) is 2.81. The second-order valence-corrected chi connectivity index (χ2v) is 10.8. The SMILES string of the molecule is Cc1ccc(Nc2cc(Nc3ccc(NC(=O)C4CCN(S(C)(=O)=O)CC4)cc3)nc(C)n2)cc1. The Kier molecular flexibility index (Phi) is 7.32. The van der Waals surface area contributed by atoms with Crippen molar-refractivity contribution in [3.8, 4) is 0 Å². The third-order valence-corrected chi connectivity index (χ3v) is 7.18. The van der Waals surface area contributed by atoms with E-state index in [1.54, 1.807) is 0 Å². The van der Waals surface area contributed by atoms with Gasteiger partial charge in [0.1, 0.15) is 17.5 Å². The molecule has 2 aromatic carbocycles. The lowest BCUT2D eigenvalue weighted by Crippen LogP contribution is -2.40. The van der Waals surface area contributed by atoms with Gasteiger partial charge in [-0.2, -0.15) is 0 Å². The molecular formula is C25H30N6O3S. The number of benzene rings is 2. The van der Waals surface area contributed by atoms with Crippen LogP contribution in [0.25, 0.3) is 0 Å². The summed E-state index contributed by atoms with van der Waals surface area (Å²) >= 11 is 0. The second kappa shape index (κ2) is 10.4. The third kappa shape index (κ3) is 6.77. The Bertz CT molecular complexity index is 1290. The van der Waals surface area contributed by atoms with Crippen molar-refractivity contribution < 1.29 is 13.2 Å². The lowest BCUT2D eigenvalue weighted by molar-refractivity contribution is -0.120. The summed E-state index contributed by atoms with van der Waals surface area (Å²) in [6.07, 6.45) is 2.24. The van der Waals surface area contributed by atoms with E-state index >= 15 is 0 Å². The number of rotatable bonds is 7. The largest absolute Gasteiger partial charge is 0.340 e. The second-order valence-electron chi connectivity index (χ2n) is 8.80. The summed E-state index contributed by atoms with van der Waals surface area (Å²) in [6.45, 7) is 4.63. The summed E-state index contributed by atoms with van der Waals surface area (Å²) in [5.74, 6) is 1.69. The molecule has 0 atom stereocenters. The maximum atomic E-state index is 12.6. The van der Waals surface area contributed by atoms with Gasteiger partial charge in [-0.15, -0.1) is 0 Å². The van der Waals surface area contributed by atoms with Crippen molar-refractivity contribution in [1.29, 1.82) is 0 Å². The Hall–Kier alpha value is -3.50. The number of aromatic nitrogens is 2. The van der Waals surface area contributed by atoms with Gasteiger partial charge in [0.05, 0.1) is 6.26 Å². The van der Waals surface area contributed by atoms with Crippen molar-refractivity contribution in [2.75, 3.05) is 35.3 Å². The van der Waals surface area contributed by atoms with Gasteiger partial charge in [-0.05, 0) is 63.1 Å². The number of anilines is 5. The Morgan fingerprint density at radius 1 is 0.857 bits per heavy atom. The Balaban J connectivity index is 1.35. The van der Waals surface area contributed by atoms with Crippen LogP contribution >= 0.6 is 0 Å². The third-order valence-electron chi connectivity index (χ3n) is 5.88. The fourth-order valence-corrected chi connectivity index (χ4v) is 4.83. The van der Waals surface area contributed by atoms with Crippen molar-refractivity contribution >= 4 is 44.6 Å². The predicted molar refractivity (Wildman–Crippen MR) is 139 cm³/mol. The minimum Gasteiger partial charge on any atom is -0.340 e. The predicted octanol–water partition coefficient (Wildman–Crippen LogP) is 4.19. The zero-order valence-electron chi connectivity index (χ0n) is 20.1. The van der Waals surface area contributed by atoms with Crippen molar-refractivity contribution in [2.24, 2.45) is 5.92 Å². The maximum Gasteiger partial charge on any atom is 0.227 e. The van der Waals surface area contributed by atoms with Crippen LogP contribution in [0.4, 0.5) is 28.7 Å². The molecule has 0 saturated carbocycles. The molecule has 35 heavy (non-hydrogen) atoms. The Labute approximate surface area is 206 Å². The molecule has 0 aliphatic carbocycles. The van der Waals surface area contributed by atoms with Crippen LogP contribution in [0.15, 0.2) is 54.6 Å². The Morgan fingerprint density at radius 2 is 1.34 bits per heavy atom. The quantitative estimate of drug-likeness (QED) is 0.451. The van der Waals surface area contributed by atoms with Gasteiger partial charge in [-0.1, -0.05) is 17.7 Å². The van der Waals surface area contributed by atoms with E-state index in [2.05, 4.69) is 25.9 Å². The minimum atomic E-state index is -3.21. The molecule has 4 rings (SSSR count). The molecule has 1 aliphatic rings. The first kappa shape index (κ1) is 24.6. The summed E-state index contributed by atoms with van der Waals surface area (Å²) in [7, 11) is -3.21. The van der Waals surface area contributed by atoms with E-state index in [1.807, 2.05) is 68.4 Å². The molecule has 0 radical (unpaired) electrons. The van der Waals surface area contributed by atoms with Gasteiger partial charge >= 0.3 is 0 Å². The molecule has 1 amide bonds. The van der Waals surface area contributed by atoms with E-state index in [0.717, 1.165) is 11.4 Å². The molecule has 184 valence electrons. The molecule has 1 aromatic heterocycles. The molecular weight excluding hydrogens is 464 g/mol. The van der Waals surface area contributed by atoms with Crippen LogP contribution < -0.4 is 16.0 Å². The maximum absolute atomic E-state index is 12.6. The molecule has 1 aliphatic heterocycles. The molecule has 2 heterocycles. The van der Waals surface area contributed by atoms with Crippen LogP contribution in [0.1, 0.15) is 24.2 Å². The summed E-state index contributed by atoms with van der Waals surface area (Å²) in [5, 5.41) is 9.51. The average molecular weight is 495 g/mol. The Morgan fingerprint density at radius 3 is 1.86 bits per heavy atom. The van der Waals surface area contributed by atoms with E-state index in [9.17, 15) is 13.2 Å². The summed E-state index contributed by atoms with van der Waals surface area (Å²) < 4.78 is 24.7. The standard InChI is InChI=1S/C25H30N6O3S/c1-17-4-6-20(7-5-17)28-23-16-24(27-18(2)26-23)29-21-8-10-22(11-9-21)30-25(32)19-12-14-31(15-13-19)35(3,33)34/h4-11,16,19H,12-15H2,1-3H3,(H,30,32)(H2,26,27,28,29). The van der Waals surface area contributed by atoms with E-state index < -0.39 is 10.0 Å². The number of carbonyl (C=O) groups excluding carboxylic acids is 1. The van der Waals surface area contributed by atoms with Crippen LogP contribution in [-0.4, -0.2) is 47.9 Å². The van der Waals surface area contributed by atoms with Crippen LogP contribution in [0.2, 0.25) is 0 Å². The zero-order chi connectivity index (χ0) is 25.0. The molecule has 0 unspecified atom stereocenters. The van der Waals surface area contributed by atoms with Crippen LogP contribution in [0, 0.1) is 19.8 Å². The van der Waals surface area contributed by atoms with Gasteiger partial charge in [-0.25, -0.2) is 22.7 Å². The molecule has 3 aromatic rings. The molecule has 10 heteroatoms. The lowest BCUT2D eigenvalue weighted by Gasteiger charge is -2.29. The first-order valence-electron chi connectivity index (χ1n) is 11.5. The first-order valence-corrected chi connectivity index (χ1v) is 13.3. The fraction of sp³-hybridized carbons (Fsp3) is 0.320.